The fourth-order valence-electron chi connectivity index (χ4n) is 2.31. The maximum absolute atomic E-state index is 12.2. The molecule has 1 amide bonds. The third kappa shape index (κ3) is 3.25. The molecule has 0 spiro atoms. The number of nitrogens with one attached hydrogen (secondary N) is 2. The van der Waals surface area contributed by atoms with Gasteiger partial charge in [0, 0.05) is 5.69 Å². The highest BCUT2D eigenvalue weighted by Crippen LogP contribution is 2.21. The summed E-state index contributed by atoms with van der Waals surface area (Å²) in [5, 5.41) is 15.4. The van der Waals surface area contributed by atoms with Crippen LogP contribution in [-0.4, -0.2) is 18.5 Å². The number of halogens is 1. The predicted octanol–water partition coefficient (Wildman–Crippen LogP) is 2.54. The van der Waals surface area contributed by atoms with Gasteiger partial charge in [0.2, 0.25) is 5.91 Å². The van der Waals surface area contributed by atoms with Crippen LogP contribution in [0.5, 0.6) is 0 Å². The van der Waals surface area contributed by atoms with Crippen LogP contribution in [0.15, 0.2) is 18.2 Å². The van der Waals surface area contributed by atoms with Crippen LogP contribution in [0.3, 0.4) is 0 Å². The number of nitrogens with zero attached hydrogens (tertiary/aromatic N) is 1. The van der Waals surface area contributed by atoms with E-state index >= 15 is 0 Å². The van der Waals surface area contributed by atoms with Crippen molar-refractivity contribution in [2.45, 2.75) is 25.8 Å². The second-order valence-electron chi connectivity index (χ2n) is 4.85. The third-order valence-corrected chi connectivity index (χ3v) is 3.74. The van der Waals surface area contributed by atoms with Crippen molar-refractivity contribution in [2.75, 3.05) is 11.9 Å². The van der Waals surface area contributed by atoms with Gasteiger partial charge < -0.3 is 10.6 Å². The van der Waals surface area contributed by atoms with Gasteiger partial charge in [0.1, 0.15) is 6.07 Å². The molecule has 2 unspecified atom stereocenters. The van der Waals surface area contributed by atoms with Crippen molar-refractivity contribution in [2.24, 2.45) is 5.92 Å². The minimum Gasteiger partial charge on any atom is -0.325 e. The van der Waals surface area contributed by atoms with Gasteiger partial charge in [0.15, 0.2) is 0 Å². The van der Waals surface area contributed by atoms with E-state index in [4.69, 9.17) is 16.9 Å². The first kappa shape index (κ1) is 13.9. The van der Waals surface area contributed by atoms with Crippen molar-refractivity contribution < 1.29 is 4.79 Å². The van der Waals surface area contributed by atoms with Crippen LogP contribution < -0.4 is 10.6 Å². The Bertz CT molecular complexity index is 524. The van der Waals surface area contributed by atoms with Crippen LogP contribution in [0, 0.1) is 17.2 Å². The first-order valence-electron chi connectivity index (χ1n) is 6.35. The third-order valence-electron chi connectivity index (χ3n) is 3.41. The molecule has 2 N–H and O–H groups in total. The molecule has 1 saturated heterocycles. The molecule has 1 aliphatic heterocycles. The highest BCUT2D eigenvalue weighted by molar-refractivity contribution is 6.31. The molecule has 100 valence electrons. The number of benzene rings is 1. The molecule has 2 atom stereocenters. The number of anilines is 1. The summed E-state index contributed by atoms with van der Waals surface area (Å²) in [7, 11) is 0. The molecule has 0 aliphatic carbocycles. The normalized spacial score (nSPS) is 22.6. The lowest BCUT2D eigenvalue weighted by Gasteiger charge is -2.28. The topological polar surface area (TPSA) is 64.9 Å². The fourth-order valence-corrected chi connectivity index (χ4v) is 2.47. The summed E-state index contributed by atoms with van der Waals surface area (Å²) in [5.74, 6) is 0.259. The summed E-state index contributed by atoms with van der Waals surface area (Å²) in [6.45, 7) is 2.94. The molecule has 1 aliphatic rings. The van der Waals surface area contributed by atoms with Gasteiger partial charge in [-0.05, 0) is 43.5 Å². The Morgan fingerprint density at radius 3 is 3.05 bits per heavy atom. The molecule has 19 heavy (non-hydrogen) atoms. The van der Waals surface area contributed by atoms with Crippen molar-refractivity contribution in [3.05, 3.63) is 28.8 Å². The number of piperidine rings is 1. The van der Waals surface area contributed by atoms with E-state index in [1.807, 2.05) is 6.07 Å². The van der Waals surface area contributed by atoms with Crippen LogP contribution >= 0.6 is 11.6 Å². The van der Waals surface area contributed by atoms with Gasteiger partial charge in [-0.3, -0.25) is 4.79 Å². The van der Waals surface area contributed by atoms with Gasteiger partial charge in [0.25, 0.3) is 0 Å². The number of hydrogen-bond acceptors (Lipinski definition) is 3. The Morgan fingerprint density at radius 2 is 2.37 bits per heavy atom. The Labute approximate surface area is 117 Å². The van der Waals surface area contributed by atoms with Crippen LogP contribution in [-0.2, 0) is 4.79 Å². The molecular formula is C14H16ClN3O. The molecule has 1 heterocycles. The zero-order valence-electron chi connectivity index (χ0n) is 10.7. The summed E-state index contributed by atoms with van der Waals surface area (Å²) in [6, 6.07) is 6.74. The molecule has 0 aromatic heterocycles. The lowest BCUT2D eigenvalue weighted by atomic mass is 9.92. The van der Waals surface area contributed by atoms with E-state index in [-0.39, 0.29) is 11.9 Å². The van der Waals surface area contributed by atoms with Crippen molar-refractivity contribution in [3.63, 3.8) is 0 Å². The van der Waals surface area contributed by atoms with Crippen LogP contribution in [0.1, 0.15) is 25.3 Å². The Kier molecular flexibility index (Phi) is 4.41. The predicted molar refractivity (Wildman–Crippen MR) is 75.0 cm³/mol. The molecule has 0 radical (unpaired) electrons. The maximum Gasteiger partial charge on any atom is 0.241 e. The first-order valence-corrected chi connectivity index (χ1v) is 6.73. The zero-order valence-corrected chi connectivity index (χ0v) is 11.5. The summed E-state index contributed by atoms with van der Waals surface area (Å²) in [6.07, 6.45) is 2.15. The summed E-state index contributed by atoms with van der Waals surface area (Å²) in [5.41, 5.74) is 0.967. The summed E-state index contributed by atoms with van der Waals surface area (Å²) >= 11 is 5.86. The minimum atomic E-state index is -0.171. The number of amides is 1. The molecule has 1 aromatic carbocycles. The van der Waals surface area contributed by atoms with Crippen molar-refractivity contribution >= 4 is 23.2 Å². The number of rotatable bonds is 2. The summed E-state index contributed by atoms with van der Waals surface area (Å²) < 4.78 is 0. The van der Waals surface area contributed by atoms with E-state index in [2.05, 4.69) is 17.6 Å². The van der Waals surface area contributed by atoms with E-state index in [0.29, 0.717) is 22.2 Å². The zero-order chi connectivity index (χ0) is 13.8. The number of carbonyl (C=O) groups is 1. The monoisotopic (exact) mass is 277 g/mol. The second-order valence-corrected chi connectivity index (χ2v) is 5.25. The van der Waals surface area contributed by atoms with Crippen molar-refractivity contribution in [1.29, 1.82) is 5.26 Å². The molecular weight excluding hydrogens is 262 g/mol. The van der Waals surface area contributed by atoms with Crippen molar-refractivity contribution in [3.8, 4) is 6.07 Å². The molecule has 0 bridgehead atoms. The van der Waals surface area contributed by atoms with E-state index in [0.717, 1.165) is 19.4 Å². The Balaban J connectivity index is 2.08. The molecule has 0 saturated carbocycles. The highest BCUT2D eigenvalue weighted by Gasteiger charge is 2.27. The van der Waals surface area contributed by atoms with Crippen molar-refractivity contribution in [1.82, 2.24) is 5.32 Å². The molecule has 5 heteroatoms. The van der Waals surface area contributed by atoms with E-state index in [9.17, 15) is 4.79 Å². The van der Waals surface area contributed by atoms with Crippen LogP contribution in [0.25, 0.3) is 0 Å². The van der Waals surface area contributed by atoms with E-state index in [1.165, 1.54) is 0 Å². The maximum atomic E-state index is 12.2. The molecule has 2 rings (SSSR count). The van der Waals surface area contributed by atoms with Gasteiger partial charge in [0.05, 0.1) is 16.6 Å². The van der Waals surface area contributed by atoms with Gasteiger partial charge in [-0.15, -0.1) is 0 Å². The lowest BCUT2D eigenvalue weighted by Crippen LogP contribution is -2.48. The van der Waals surface area contributed by atoms with Gasteiger partial charge >= 0.3 is 0 Å². The number of nitriles is 1. The van der Waals surface area contributed by atoms with Gasteiger partial charge in [-0.1, -0.05) is 18.5 Å². The van der Waals surface area contributed by atoms with E-state index in [1.54, 1.807) is 18.2 Å². The molecule has 1 aromatic rings. The SMILES string of the molecule is CC1CCCNC1C(=O)Nc1ccc(Cl)c(C#N)c1. The Morgan fingerprint density at radius 1 is 1.58 bits per heavy atom. The first-order chi connectivity index (χ1) is 9.11. The largest absolute Gasteiger partial charge is 0.325 e. The average Bonchev–Trinajstić information content (AvgIpc) is 2.41. The minimum absolute atomic E-state index is 0.0570. The number of carbonyl (C=O) groups excluding carboxylic acids is 1. The van der Waals surface area contributed by atoms with E-state index < -0.39 is 0 Å². The Hall–Kier alpha value is -1.57. The molecule has 4 nitrogen and oxygen atoms in total. The smallest absolute Gasteiger partial charge is 0.241 e. The van der Waals surface area contributed by atoms with Gasteiger partial charge in [-0.2, -0.15) is 5.26 Å². The van der Waals surface area contributed by atoms with Crippen LogP contribution in [0.4, 0.5) is 5.69 Å². The quantitative estimate of drug-likeness (QED) is 0.873. The van der Waals surface area contributed by atoms with Crippen LogP contribution in [0.2, 0.25) is 5.02 Å². The number of hydrogen-bond donors (Lipinski definition) is 2. The average molecular weight is 278 g/mol. The standard InChI is InChI=1S/C14H16ClN3O/c1-9-3-2-6-17-13(9)14(19)18-11-4-5-12(15)10(7-11)8-16/h4-5,7,9,13,17H,2-3,6H2,1H3,(H,18,19). The second kappa shape index (κ2) is 6.05. The lowest BCUT2D eigenvalue weighted by molar-refractivity contribution is -0.119. The highest BCUT2D eigenvalue weighted by atomic mass is 35.5. The summed E-state index contributed by atoms with van der Waals surface area (Å²) in [4.78, 5) is 12.2. The van der Waals surface area contributed by atoms with Gasteiger partial charge in [-0.25, -0.2) is 0 Å². The fraction of sp³-hybridized carbons (Fsp3) is 0.429. The molecule has 1 fully saturated rings.